The van der Waals surface area contributed by atoms with Crippen LogP contribution in [0.15, 0.2) is 12.1 Å². The first-order valence-electron chi connectivity index (χ1n) is 5.11. The Morgan fingerprint density at radius 2 is 1.86 bits per heavy atom. The molecule has 2 N–H and O–H groups in total. The van der Waals surface area contributed by atoms with Gasteiger partial charge in [-0.15, -0.1) is 0 Å². The number of hydrogen-bond donors (Lipinski definition) is 1. The standard InChI is InChI=1S/C12H18ClN/c1-9-8-12(13)10(2)7-11(9)5-3-4-6-14/h7-8H,3-6,14H2,1-2H3. The lowest BCUT2D eigenvalue weighted by Gasteiger charge is -2.08. The zero-order chi connectivity index (χ0) is 10.6. The molecule has 1 rings (SSSR count). The normalized spacial score (nSPS) is 10.6. The highest BCUT2D eigenvalue weighted by atomic mass is 35.5. The van der Waals surface area contributed by atoms with E-state index in [0.717, 1.165) is 24.4 Å². The molecule has 0 unspecified atom stereocenters. The quantitative estimate of drug-likeness (QED) is 0.761. The Morgan fingerprint density at radius 3 is 2.50 bits per heavy atom. The summed E-state index contributed by atoms with van der Waals surface area (Å²) >= 11 is 6.03. The predicted octanol–water partition coefficient (Wildman–Crippen LogP) is 3.24. The van der Waals surface area contributed by atoms with Crippen molar-refractivity contribution in [3.05, 3.63) is 33.8 Å². The molecule has 1 aromatic carbocycles. The number of halogens is 1. The Bertz CT molecular complexity index is 307. The fourth-order valence-corrected chi connectivity index (χ4v) is 1.79. The van der Waals surface area contributed by atoms with E-state index in [9.17, 15) is 0 Å². The number of unbranched alkanes of at least 4 members (excludes halogenated alkanes) is 1. The van der Waals surface area contributed by atoms with E-state index in [1.54, 1.807) is 0 Å². The zero-order valence-corrected chi connectivity index (χ0v) is 9.69. The Kier molecular flexibility index (Phi) is 4.43. The number of hydrogen-bond acceptors (Lipinski definition) is 1. The van der Waals surface area contributed by atoms with Gasteiger partial charge in [0.2, 0.25) is 0 Å². The van der Waals surface area contributed by atoms with Crippen LogP contribution in [-0.2, 0) is 6.42 Å². The Morgan fingerprint density at radius 1 is 1.14 bits per heavy atom. The maximum absolute atomic E-state index is 6.03. The van der Waals surface area contributed by atoms with Crippen LogP contribution in [0.25, 0.3) is 0 Å². The van der Waals surface area contributed by atoms with Gasteiger partial charge in [0.1, 0.15) is 0 Å². The lowest BCUT2D eigenvalue weighted by molar-refractivity contribution is 0.742. The molecule has 0 amide bonds. The molecule has 0 radical (unpaired) electrons. The molecule has 14 heavy (non-hydrogen) atoms. The van der Waals surface area contributed by atoms with Crippen molar-refractivity contribution in [1.82, 2.24) is 0 Å². The molecule has 1 nitrogen and oxygen atoms in total. The smallest absolute Gasteiger partial charge is 0.0438 e. The summed E-state index contributed by atoms with van der Waals surface area (Å²) < 4.78 is 0. The highest BCUT2D eigenvalue weighted by Gasteiger charge is 2.02. The molecular weight excluding hydrogens is 194 g/mol. The van der Waals surface area contributed by atoms with Crippen LogP contribution in [0.4, 0.5) is 0 Å². The molecule has 0 bridgehead atoms. The number of rotatable bonds is 4. The van der Waals surface area contributed by atoms with Crippen molar-refractivity contribution < 1.29 is 0 Å². The minimum Gasteiger partial charge on any atom is -0.330 e. The molecule has 78 valence electrons. The Labute approximate surface area is 91.3 Å². The van der Waals surface area contributed by atoms with Gasteiger partial charge >= 0.3 is 0 Å². The van der Waals surface area contributed by atoms with Gasteiger partial charge in [-0.05, 0) is 62.4 Å². The van der Waals surface area contributed by atoms with Gasteiger partial charge in [-0.1, -0.05) is 17.7 Å². The largest absolute Gasteiger partial charge is 0.330 e. The van der Waals surface area contributed by atoms with Crippen molar-refractivity contribution in [2.45, 2.75) is 33.1 Å². The fourth-order valence-electron chi connectivity index (χ4n) is 1.57. The second-order valence-electron chi connectivity index (χ2n) is 3.77. The molecule has 0 heterocycles. The van der Waals surface area contributed by atoms with Crippen molar-refractivity contribution in [2.75, 3.05) is 6.54 Å². The molecule has 2 heteroatoms. The van der Waals surface area contributed by atoms with E-state index in [0.29, 0.717) is 0 Å². The van der Waals surface area contributed by atoms with E-state index < -0.39 is 0 Å². The third kappa shape index (κ3) is 3.00. The molecule has 0 aliphatic heterocycles. The lowest BCUT2D eigenvalue weighted by Crippen LogP contribution is -2.00. The molecule has 0 aromatic heterocycles. The van der Waals surface area contributed by atoms with Crippen molar-refractivity contribution >= 4 is 11.6 Å². The Balaban J connectivity index is 2.72. The summed E-state index contributed by atoms with van der Waals surface area (Å²) in [6, 6.07) is 4.24. The number of aryl methyl sites for hydroxylation is 3. The first-order chi connectivity index (χ1) is 6.65. The minimum atomic E-state index is 0.783. The van der Waals surface area contributed by atoms with Crippen molar-refractivity contribution in [3.8, 4) is 0 Å². The van der Waals surface area contributed by atoms with Gasteiger partial charge in [-0.2, -0.15) is 0 Å². The van der Waals surface area contributed by atoms with E-state index in [2.05, 4.69) is 19.1 Å². The molecule has 0 spiro atoms. The van der Waals surface area contributed by atoms with E-state index in [1.165, 1.54) is 23.1 Å². The van der Waals surface area contributed by atoms with Crippen LogP contribution in [0.3, 0.4) is 0 Å². The van der Waals surface area contributed by atoms with E-state index in [-0.39, 0.29) is 0 Å². The van der Waals surface area contributed by atoms with Crippen molar-refractivity contribution in [1.29, 1.82) is 0 Å². The topological polar surface area (TPSA) is 26.0 Å². The van der Waals surface area contributed by atoms with Gasteiger partial charge in [0.15, 0.2) is 0 Å². The molecule has 0 fully saturated rings. The van der Waals surface area contributed by atoms with Crippen LogP contribution in [0.1, 0.15) is 29.5 Å². The monoisotopic (exact) mass is 211 g/mol. The van der Waals surface area contributed by atoms with Gasteiger partial charge < -0.3 is 5.73 Å². The molecule has 0 saturated carbocycles. The van der Waals surface area contributed by atoms with Crippen LogP contribution in [0, 0.1) is 13.8 Å². The predicted molar refractivity (Wildman–Crippen MR) is 62.9 cm³/mol. The summed E-state index contributed by atoms with van der Waals surface area (Å²) in [5.74, 6) is 0. The highest BCUT2D eigenvalue weighted by Crippen LogP contribution is 2.21. The third-order valence-corrected chi connectivity index (χ3v) is 2.92. The molecule has 0 atom stereocenters. The van der Waals surface area contributed by atoms with Gasteiger partial charge in [-0.3, -0.25) is 0 Å². The van der Waals surface area contributed by atoms with E-state index in [1.807, 2.05) is 6.92 Å². The second-order valence-corrected chi connectivity index (χ2v) is 4.18. The number of benzene rings is 1. The summed E-state index contributed by atoms with van der Waals surface area (Å²) in [4.78, 5) is 0. The SMILES string of the molecule is Cc1cc(CCCCN)c(C)cc1Cl. The third-order valence-electron chi connectivity index (χ3n) is 2.52. The zero-order valence-electron chi connectivity index (χ0n) is 8.94. The van der Waals surface area contributed by atoms with Gasteiger partial charge in [0.05, 0.1) is 0 Å². The fraction of sp³-hybridized carbons (Fsp3) is 0.500. The van der Waals surface area contributed by atoms with E-state index >= 15 is 0 Å². The Hall–Kier alpha value is -0.530. The van der Waals surface area contributed by atoms with Crippen LogP contribution >= 0.6 is 11.6 Å². The average molecular weight is 212 g/mol. The summed E-state index contributed by atoms with van der Waals surface area (Å²) in [5.41, 5.74) is 9.32. The second kappa shape index (κ2) is 5.38. The lowest BCUT2D eigenvalue weighted by atomic mass is 10.0. The van der Waals surface area contributed by atoms with Crippen LogP contribution < -0.4 is 5.73 Å². The van der Waals surface area contributed by atoms with Crippen LogP contribution in [0.5, 0.6) is 0 Å². The minimum absolute atomic E-state index is 0.783. The van der Waals surface area contributed by atoms with Crippen LogP contribution in [-0.4, -0.2) is 6.54 Å². The molecule has 0 aliphatic rings. The van der Waals surface area contributed by atoms with Gasteiger partial charge in [0.25, 0.3) is 0 Å². The average Bonchev–Trinajstić information content (AvgIpc) is 2.14. The first-order valence-corrected chi connectivity index (χ1v) is 5.48. The maximum atomic E-state index is 6.03. The van der Waals surface area contributed by atoms with Crippen molar-refractivity contribution in [2.24, 2.45) is 5.73 Å². The maximum Gasteiger partial charge on any atom is 0.0438 e. The summed E-state index contributed by atoms with van der Waals surface area (Å²) in [6.45, 7) is 4.95. The summed E-state index contributed by atoms with van der Waals surface area (Å²) in [6.07, 6.45) is 3.38. The molecular formula is C12H18ClN. The van der Waals surface area contributed by atoms with Crippen molar-refractivity contribution in [3.63, 3.8) is 0 Å². The summed E-state index contributed by atoms with van der Waals surface area (Å²) in [7, 11) is 0. The highest BCUT2D eigenvalue weighted by molar-refractivity contribution is 6.31. The summed E-state index contributed by atoms with van der Waals surface area (Å²) in [5, 5.41) is 0.866. The van der Waals surface area contributed by atoms with Gasteiger partial charge in [-0.25, -0.2) is 0 Å². The first kappa shape index (κ1) is 11.5. The number of nitrogens with two attached hydrogens (primary N) is 1. The molecule has 1 aromatic rings. The van der Waals surface area contributed by atoms with Crippen LogP contribution in [0.2, 0.25) is 5.02 Å². The molecule has 0 aliphatic carbocycles. The molecule has 0 saturated heterocycles. The van der Waals surface area contributed by atoms with E-state index in [4.69, 9.17) is 17.3 Å². The van der Waals surface area contributed by atoms with Gasteiger partial charge in [0, 0.05) is 5.02 Å².